The summed E-state index contributed by atoms with van der Waals surface area (Å²) in [5, 5.41) is 3.31. The zero-order valence-corrected chi connectivity index (χ0v) is 10.2. The number of nitrogens with zero attached hydrogens (tertiary/aromatic N) is 2. The summed E-state index contributed by atoms with van der Waals surface area (Å²) >= 11 is 0. The molecule has 2 atom stereocenters. The van der Waals surface area contributed by atoms with Crippen LogP contribution < -0.4 is 16.6 Å². The Kier molecular flexibility index (Phi) is 4.98. The monoisotopic (exact) mass is 223 g/mol. The Bertz CT molecular complexity index is 315. The fourth-order valence-corrected chi connectivity index (χ4v) is 1.59. The van der Waals surface area contributed by atoms with E-state index in [4.69, 9.17) is 5.84 Å². The Morgan fingerprint density at radius 2 is 2.00 bits per heavy atom. The van der Waals surface area contributed by atoms with E-state index in [1.54, 1.807) is 12.4 Å². The van der Waals surface area contributed by atoms with Gasteiger partial charge in [0.1, 0.15) is 5.82 Å². The standard InChI is InChI=1S/C11H21N5/c1-4-8(2)5-9(3)14-10-6-13-7-11(15-10)16-12/h6-9H,4-5,12H2,1-3H3,(H2,14,15,16). The molecule has 0 spiro atoms. The maximum atomic E-state index is 5.27. The van der Waals surface area contributed by atoms with Crippen molar-refractivity contribution in [1.82, 2.24) is 9.97 Å². The largest absolute Gasteiger partial charge is 0.366 e. The van der Waals surface area contributed by atoms with E-state index in [9.17, 15) is 0 Å². The lowest BCUT2D eigenvalue weighted by Crippen LogP contribution is -2.19. The molecule has 0 bridgehead atoms. The number of anilines is 2. The highest BCUT2D eigenvalue weighted by Crippen LogP contribution is 2.13. The van der Waals surface area contributed by atoms with Crippen molar-refractivity contribution in [2.75, 3.05) is 10.7 Å². The average Bonchev–Trinajstić information content (AvgIpc) is 2.28. The van der Waals surface area contributed by atoms with E-state index in [0.717, 1.165) is 12.2 Å². The van der Waals surface area contributed by atoms with Gasteiger partial charge in [-0.15, -0.1) is 0 Å². The molecule has 4 N–H and O–H groups in total. The first-order chi connectivity index (χ1) is 7.65. The van der Waals surface area contributed by atoms with Crippen molar-refractivity contribution >= 4 is 11.6 Å². The molecular weight excluding hydrogens is 202 g/mol. The molecule has 1 aromatic heterocycles. The summed E-state index contributed by atoms with van der Waals surface area (Å²) in [6, 6.07) is 0.386. The smallest absolute Gasteiger partial charge is 0.160 e. The topological polar surface area (TPSA) is 75.9 Å². The van der Waals surface area contributed by atoms with Gasteiger partial charge in [-0.25, -0.2) is 10.8 Å². The maximum absolute atomic E-state index is 5.27. The lowest BCUT2D eigenvalue weighted by molar-refractivity contribution is 0.483. The number of nitrogens with one attached hydrogen (secondary N) is 2. The van der Waals surface area contributed by atoms with E-state index < -0.39 is 0 Å². The van der Waals surface area contributed by atoms with Crippen molar-refractivity contribution in [2.24, 2.45) is 11.8 Å². The normalized spacial score (nSPS) is 14.2. The molecule has 0 saturated carbocycles. The van der Waals surface area contributed by atoms with Gasteiger partial charge in [-0.2, -0.15) is 0 Å². The highest BCUT2D eigenvalue weighted by Gasteiger charge is 2.07. The van der Waals surface area contributed by atoms with Gasteiger partial charge in [0.05, 0.1) is 12.4 Å². The van der Waals surface area contributed by atoms with Crippen molar-refractivity contribution in [1.29, 1.82) is 0 Å². The third-order valence-corrected chi connectivity index (χ3v) is 2.63. The number of aromatic nitrogens is 2. The van der Waals surface area contributed by atoms with Crippen molar-refractivity contribution in [3.63, 3.8) is 0 Å². The number of rotatable bonds is 6. The Morgan fingerprint density at radius 1 is 1.31 bits per heavy atom. The number of nitrogens with two attached hydrogens (primary N) is 1. The SMILES string of the molecule is CCC(C)CC(C)Nc1cncc(NN)n1. The lowest BCUT2D eigenvalue weighted by Gasteiger charge is -2.18. The van der Waals surface area contributed by atoms with Crippen LogP contribution in [0.4, 0.5) is 11.6 Å². The Balaban J connectivity index is 2.51. The summed E-state index contributed by atoms with van der Waals surface area (Å²) in [5.41, 5.74) is 2.48. The summed E-state index contributed by atoms with van der Waals surface area (Å²) in [4.78, 5) is 8.29. The molecule has 5 heteroatoms. The van der Waals surface area contributed by atoms with Gasteiger partial charge in [0.2, 0.25) is 0 Å². The van der Waals surface area contributed by atoms with Gasteiger partial charge in [0, 0.05) is 6.04 Å². The summed E-state index contributed by atoms with van der Waals surface area (Å²) in [7, 11) is 0. The molecule has 0 aliphatic heterocycles. The van der Waals surface area contributed by atoms with Crippen LogP contribution in [-0.4, -0.2) is 16.0 Å². The summed E-state index contributed by atoms with van der Waals surface area (Å²) in [6.07, 6.45) is 5.61. The molecule has 0 aliphatic carbocycles. The first-order valence-corrected chi connectivity index (χ1v) is 5.70. The zero-order valence-electron chi connectivity index (χ0n) is 10.2. The van der Waals surface area contributed by atoms with E-state index >= 15 is 0 Å². The molecule has 2 unspecified atom stereocenters. The quantitative estimate of drug-likeness (QED) is 0.508. The van der Waals surface area contributed by atoms with Crippen molar-refractivity contribution < 1.29 is 0 Å². The first-order valence-electron chi connectivity index (χ1n) is 5.70. The lowest BCUT2D eigenvalue weighted by atomic mass is 10.0. The fraction of sp³-hybridized carbons (Fsp3) is 0.636. The molecule has 1 heterocycles. The van der Waals surface area contributed by atoms with Gasteiger partial charge in [0.25, 0.3) is 0 Å². The van der Waals surface area contributed by atoms with Gasteiger partial charge < -0.3 is 10.7 Å². The van der Waals surface area contributed by atoms with Crippen LogP contribution in [0.3, 0.4) is 0 Å². The van der Waals surface area contributed by atoms with Crippen LogP contribution in [0, 0.1) is 5.92 Å². The molecule has 90 valence electrons. The Hall–Kier alpha value is -1.36. The highest BCUT2D eigenvalue weighted by atomic mass is 15.3. The second kappa shape index (κ2) is 6.27. The van der Waals surface area contributed by atoms with Crippen LogP contribution in [0.5, 0.6) is 0 Å². The predicted octanol–water partition coefficient (Wildman–Crippen LogP) is 2.00. The molecule has 0 saturated heterocycles. The van der Waals surface area contributed by atoms with Crippen LogP contribution in [0.15, 0.2) is 12.4 Å². The molecule has 0 amide bonds. The molecule has 0 radical (unpaired) electrons. The molecule has 0 fully saturated rings. The first kappa shape index (κ1) is 12.7. The maximum Gasteiger partial charge on any atom is 0.160 e. The average molecular weight is 223 g/mol. The van der Waals surface area contributed by atoms with Crippen molar-refractivity contribution in [3.05, 3.63) is 12.4 Å². The molecule has 0 aromatic carbocycles. The summed E-state index contributed by atoms with van der Waals surface area (Å²) < 4.78 is 0. The van der Waals surface area contributed by atoms with Crippen LogP contribution in [-0.2, 0) is 0 Å². The minimum atomic E-state index is 0.386. The Labute approximate surface area is 96.8 Å². The van der Waals surface area contributed by atoms with E-state index in [1.807, 2.05) is 0 Å². The second-order valence-electron chi connectivity index (χ2n) is 4.23. The minimum absolute atomic E-state index is 0.386. The predicted molar refractivity (Wildman–Crippen MR) is 67.0 cm³/mol. The third-order valence-electron chi connectivity index (χ3n) is 2.63. The van der Waals surface area contributed by atoms with E-state index in [-0.39, 0.29) is 0 Å². The number of hydrogen-bond acceptors (Lipinski definition) is 5. The van der Waals surface area contributed by atoms with Gasteiger partial charge in [-0.05, 0) is 19.3 Å². The fourth-order valence-electron chi connectivity index (χ4n) is 1.59. The van der Waals surface area contributed by atoms with Crippen LogP contribution >= 0.6 is 0 Å². The number of hydrazine groups is 1. The van der Waals surface area contributed by atoms with Crippen LogP contribution in [0.2, 0.25) is 0 Å². The van der Waals surface area contributed by atoms with E-state index in [0.29, 0.717) is 17.8 Å². The molecule has 1 aromatic rings. The van der Waals surface area contributed by atoms with Crippen molar-refractivity contribution in [3.8, 4) is 0 Å². The summed E-state index contributed by atoms with van der Waals surface area (Å²) in [5.74, 6) is 7.31. The van der Waals surface area contributed by atoms with E-state index in [2.05, 4.69) is 41.5 Å². The van der Waals surface area contributed by atoms with E-state index in [1.165, 1.54) is 6.42 Å². The molecule has 16 heavy (non-hydrogen) atoms. The molecule has 5 nitrogen and oxygen atoms in total. The third kappa shape index (κ3) is 4.02. The highest BCUT2D eigenvalue weighted by molar-refractivity contribution is 5.41. The molecular formula is C11H21N5. The number of hydrogen-bond donors (Lipinski definition) is 3. The molecule has 1 rings (SSSR count). The van der Waals surface area contributed by atoms with Gasteiger partial charge >= 0.3 is 0 Å². The van der Waals surface area contributed by atoms with Crippen LogP contribution in [0.1, 0.15) is 33.6 Å². The minimum Gasteiger partial charge on any atom is -0.366 e. The Morgan fingerprint density at radius 3 is 2.62 bits per heavy atom. The number of nitrogen functional groups attached to an aromatic ring is 1. The van der Waals surface area contributed by atoms with Gasteiger partial charge in [-0.1, -0.05) is 20.3 Å². The van der Waals surface area contributed by atoms with Gasteiger partial charge in [0.15, 0.2) is 5.82 Å². The second-order valence-corrected chi connectivity index (χ2v) is 4.23. The summed E-state index contributed by atoms with van der Waals surface area (Å²) in [6.45, 7) is 6.61. The van der Waals surface area contributed by atoms with Crippen molar-refractivity contribution in [2.45, 2.75) is 39.7 Å². The van der Waals surface area contributed by atoms with Crippen LogP contribution in [0.25, 0.3) is 0 Å². The van der Waals surface area contributed by atoms with Gasteiger partial charge in [-0.3, -0.25) is 4.98 Å². The zero-order chi connectivity index (χ0) is 12.0. The molecule has 0 aliphatic rings.